The van der Waals surface area contributed by atoms with E-state index in [2.05, 4.69) is 0 Å². The Kier molecular flexibility index (Phi) is 5.34. The Bertz CT molecular complexity index is 582. The standard InChI is InChI=1S/C16H21NO4S/c1-11(2)22(21)13-8-6-12(7-9-13)15(18)17-10-4-3-5-14(17)16(19)20/h6-9,11,14H,3-5,10H2,1-2H3,(H,19,20)/t14-,22+/m0/s1. The molecular weight excluding hydrogens is 302 g/mol. The fraction of sp³-hybridized carbons (Fsp3) is 0.500. The van der Waals surface area contributed by atoms with Gasteiger partial charge in [-0.15, -0.1) is 0 Å². The third-order valence-corrected chi connectivity index (χ3v) is 5.40. The van der Waals surface area contributed by atoms with Crippen LogP contribution in [0, 0.1) is 0 Å². The summed E-state index contributed by atoms with van der Waals surface area (Å²) in [6.45, 7) is 4.22. The molecule has 1 aromatic rings. The Labute approximate surface area is 132 Å². The van der Waals surface area contributed by atoms with Gasteiger partial charge in [0.15, 0.2) is 0 Å². The Balaban J connectivity index is 2.18. The first kappa shape index (κ1) is 16.7. The highest BCUT2D eigenvalue weighted by Crippen LogP contribution is 2.21. The van der Waals surface area contributed by atoms with Crippen LogP contribution >= 0.6 is 0 Å². The van der Waals surface area contributed by atoms with Crippen LogP contribution in [0.5, 0.6) is 0 Å². The molecule has 1 saturated heterocycles. The Morgan fingerprint density at radius 3 is 2.41 bits per heavy atom. The molecule has 120 valence electrons. The van der Waals surface area contributed by atoms with E-state index in [1.54, 1.807) is 24.3 Å². The van der Waals surface area contributed by atoms with Gasteiger partial charge in [0.1, 0.15) is 6.04 Å². The van der Waals surface area contributed by atoms with Crippen molar-refractivity contribution in [1.82, 2.24) is 4.90 Å². The monoisotopic (exact) mass is 323 g/mol. The first-order valence-electron chi connectivity index (χ1n) is 7.46. The molecule has 0 spiro atoms. The van der Waals surface area contributed by atoms with E-state index in [-0.39, 0.29) is 11.2 Å². The molecule has 1 N–H and O–H groups in total. The van der Waals surface area contributed by atoms with Crippen molar-refractivity contribution in [3.63, 3.8) is 0 Å². The number of hydrogen-bond acceptors (Lipinski definition) is 3. The van der Waals surface area contributed by atoms with Crippen LogP contribution in [0.4, 0.5) is 0 Å². The lowest BCUT2D eigenvalue weighted by Crippen LogP contribution is -2.47. The molecule has 22 heavy (non-hydrogen) atoms. The second kappa shape index (κ2) is 7.05. The van der Waals surface area contributed by atoms with Crippen molar-refractivity contribution < 1.29 is 18.9 Å². The summed E-state index contributed by atoms with van der Waals surface area (Å²) >= 11 is 0. The number of hydrogen-bond donors (Lipinski definition) is 1. The Hall–Kier alpha value is -1.69. The van der Waals surface area contributed by atoms with Gasteiger partial charge in [0.05, 0.1) is 10.8 Å². The molecule has 0 unspecified atom stereocenters. The second-order valence-corrected chi connectivity index (χ2v) is 7.73. The van der Waals surface area contributed by atoms with Gasteiger partial charge in [0, 0.05) is 22.3 Å². The van der Waals surface area contributed by atoms with Crippen molar-refractivity contribution in [2.45, 2.75) is 49.3 Å². The first-order valence-corrected chi connectivity index (χ1v) is 8.67. The first-order chi connectivity index (χ1) is 10.4. The molecule has 5 nitrogen and oxygen atoms in total. The third kappa shape index (κ3) is 3.55. The molecule has 2 rings (SSSR count). The highest BCUT2D eigenvalue weighted by atomic mass is 32.2. The fourth-order valence-corrected chi connectivity index (χ4v) is 3.55. The SMILES string of the molecule is CC(C)[S@@](=O)c1ccc(C(=O)N2CCCC[C@H]2C(=O)O)cc1. The molecule has 1 amide bonds. The van der Waals surface area contributed by atoms with Gasteiger partial charge in [0.2, 0.25) is 0 Å². The summed E-state index contributed by atoms with van der Waals surface area (Å²) in [6.07, 6.45) is 2.15. The number of nitrogens with zero attached hydrogens (tertiary/aromatic N) is 1. The molecule has 1 fully saturated rings. The minimum atomic E-state index is -1.09. The van der Waals surface area contributed by atoms with Gasteiger partial charge in [0.25, 0.3) is 5.91 Å². The van der Waals surface area contributed by atoms with Crippen LogP contribution in [-0.2, 0) is 15.6 Å². The number of amides is 1. The largest absolute Gasteiger partial charge is 0.480 e. The average molecular weight is 323 g/mol. The zero-order valence-corrected chi connectivity index (χ0v) is 13.6. The third-order valence-electron chi connectivity index (χ3n) is 3.81. The van der Waals surface area contributed by atoms with E-state index in [9.17, 15) is 18.9 Å². The van der Waals surface area contributed by atoms with Crippen molar-refractivity contribution in [3.8, 4) is 0 Å². The molecule has 1 aliphatic heterocycles. The van der Waals surface area contributed by atoms with Gasteiger partial charge >= 0.3 is 5.97 Å². The van der Waals surface area contributed by atoms with Crippen LogP contribution in [0.3, 0.4) is 0 Å². The number of benzene rings is 1. The number of carboxylic acid groups (broad SMARTS) is 1. The topological polar surface area (TPSA) is 74.7 Å². The average Bonchev–Trinajstić information content (AvgIpc) is 2.53. The highest BCUT2D eigenvalue weighted by molar-refractivity contribution is 7.85. The van der Waals surface area contributed by atoms with Crippen molar-refractivity contribution in [2.75, 3.05) is 6.54 Å². The summed E-state index contributed by atoms with van der Waals surface area (Å²) in [7, 11) is -1.09. The number of rotatable bonds is 4. The van der Waals surface area contributed by atoms with E-state index < -0.39 is 22.8 Å². The molecule has 6 heteroatoms. The van der Waals surface area contributed by atoms with E-state index in [1.165, 1.54) is 4.90 Å². The van der Waals surface area contributed by atoms with Crippen molar-refractivity contribution in [3.05, 3.63) is 29.8 Å². The number of carboxylic acids is 1. The summed E-state index contributed by atoms with van der Waals surface area (Å²) in [5.41, 5.74) is 0.442. The van der Waals surface area contributed by atoms with E-state index >= 15 is 0 Å². The molecule has 0 aliphatic carbocycles. The molecule has 0 saturated carbocycles. The number of piperidine rings is 1. The molecular formula is C16H21NO4S. The summed E-state index contributed by atoms with van der Waals surface area (Å²) < 4.78 is 12.0. The predicted octanol–water partition coefficient (Wildman–Crippen LogP) is 2.28. The van der Waals surface area contributed by atoms with E-state index in [4.69, 9.17) is 0 Å². The van der Waals surface area contributed by atoms with Crippen molar-refractivity contribution >= 4 is 22.7 Å². The van der Waals surface area contributed by atoms with Gasteiger partial charge in [-0.2, -0.15) is 0 Å². The summed E-state index contributed by atoms with van der Waals surface area (Å²) in [6, 6.07) is 5.88. The molecule has 1 aliphatic rings. The molecule has 1 aromatic carbocycles. The van der Waals surface area contributed by atoms with Gasteiger partial charge < -0.3 is 10.0 Å². The van der Waals surface area contributed by atoms with Gasteiger partial charge in [-0.05, 0) is 43.5 Å². The second-order valence-electron chi connectivity index (χ2n) is 5.72. The predicted molar refractivity (Wildman–Crippen MR) is 84.3 cm³/mol. The van der Waals surface area contributed by atoms with Crippen LogP contribution in [0.25, 0.3) is 0 Å². The molecule has 0 aromatic heterocycles. The Morgan fingerprint density at radius 2 is 1.86 bits per heavy atom. The zero-order valence-electron chi connectivity index (χ0n) is 12.8. The molecule has 2 atom stereocenters. The van der Waals surface area contributed by atoms with Gasteiger partial charge in [-0.3, -0.25) is 9.00 Å². The smallest absolute Gasteiger partial charge is 0.326 e. The van der Waals surface area contributed by atoms with Gasteiger partial charge in [-0.25, -0.2) is 4.79 Å². The van der Waals surface area contributed by atoms with E-state index in [0.717, 1.165) is 12.8 Å². The van der Waals surface area contributed by atoms with E-state index in [1.807, 2.05) is 13.8 Å². The zero-order chi connectivity index (χ0) is 16.3. The summed E-state index contributed by atoms with van der Waals surface area (Å²) in [4.78, 5) is 25.9. The number of carbonyl (C=O) groups excluding carboxylic acids is 1. The van der Waals surface area contributed by atoms with E-state index in [0.29, 0.717) is 23.4 Å². The highest BCUT2D eigenvalue weighted by Gasteiger charge is 2.32. The maximum atomic E-state index is 12.5. The van der Waals surface area contributed by atoms with Crippen LogP contribution in [0.15, 0.2) is 29.2 Å². The number of carbonyl (C=O) groups is 2. The quantitative estimate of drug-likeness (QED) is 0.922. The number of aliphatic carboxylic acids is 1. The van der Waals surface area contributed by atoms with Crippen LogP contribution in [-0.4, -0.2) is 43.9 Å². The normalized spacial score (nSPS) is 20.0. The summed E-state index contributed by atoms with van der Waals surface area (Å²) in [5, 5.41) is 9.26. The van der Waals surface area contributed by atoms with Crippen LogP contribution in [0.2, 0.25) is 0 Å². The van der Waals surface area contributed by atoms with Crippen LogP contribution in [0.1, 0.15) is 43.5 Å². The van der Waals surface area contributed by atoms with Gasteiger partial charge in [-0.1, -0.05) is 13.8 Å². The molecule has 0 bridgehead atoms. The molecule has 1 heterocycles. The minimum Gasteiger partial charge on any atom is -0.480 e. The maximum Gasteiger partial charge on any atom is 0.326 e. The lowest BCUT2D eigenvalue weighted by atomic mass is 10.0. The van der Waals surface area contributed by atoms with Crippen molar-refractivity contribution in [2.24, 2.45) is 0 Å². The van der Waals surface area contributed by atoms with Crippen LogP contribution < -0.4 is 0 Å². The fourth-order valence-electron chi connectivity index (χ4n) is 2.60. The molecule has 0 radical (unpaired) electrons. The lowest BCUT2D eigenvalue weighted by molar-refractivity contribution is -0.143. The lowest BCUT2D eigenvalue weighted by Gasteiger charge is -2.33. The maximum absolute atomic E-state index is 12.5. The minimum absolute atomic E-state index is 0.0139. The summed E-state index contributed by atoms with van der Waals surface area (Å²) in [5.74, 6) is -1.22. The number of likely N-dealkylation sites (tertiary alicyclic amines) is 1. The van der Waals surface area contributed by atoms with Crippen molar-refractivity contribution in [1.29, 1.82) is 0 Å². The Morgan fingerprint density at radius 1 is 1.23 bits per heavy atom.